The number of allylic oxidation sites excluding steroid dienone is 2. The lowest BCUT2D eigenvalue weighted by atomic mass is 9.93. The number of carbonyl (C=O) groups is 1. The van der Waals surface area contributed by atoms with Crippen LogP contribution in [-0.4, -0.2) is 5.78 Å². The lowest BCUT2D eigenvalue weighted by Crippen LogP contribution is -2.03. The molecule has 0 heterocycles. The molecule has 0 spiro atoms. The third-order valence-electron chi connectivity index (χ3n) is 3.17. The molecule has 1 atom stereocenters. The number of carbonyl (C=O) groups excluding carboxylic acids is 1. The molecule has 86 valence electrons. The number of Topliss-reactive ketones (excluding diaryl/α,β-unsaturated/α-hetero) is 1. The van der Waals surface area contributed by atoms with E-state index in [0.717, 1.165) is 30.8 Å². The second-order valence-electron chi connectivity index (χ2n) is 5.33. The second-order valence-corrected chi connectivity index (χ2v) is 5.33. The van der Waals surface area contributed by atoms with Gasteiger partial charge in [-0.25, -0.2) is 0 Å². The Labute approximate surface area is 93.9 Å². The molecule has 0 saturated carbocycles. The molecule has 1 heteroatoms. The van der Waals surface area contributed by atoms with E-state index in [9.17, 15) is 4.79 Å². The smallest absolute Gasteiger partial charge is 0.158 e. The molecule has 0 saturated heterocycles. The summed E-state index contributed by atoms with van der Waals surface area (Å²) in [6.07, 6.45) is 8.78. The first-order valence-corrected chi connectivity index (χ1v) is 6.31. The Morgan fingerprint density at radius 3 is 2.53 bits per heavy atom. The molecular weight excluding hydrogens is 184 g/mol. The van der Waals surface area contributed by atoms with E-state index >= 15 is 0 Å². The van der Waals surface area contributed by atoms with Crippen LogP contribution in [0.3, 0.4) is 0 Å². The average molecular weight is 208 g/mol. The first kappa shape index (κ1) is 12.5. The van der Waals surface area contributed by atoms with Crippen molar-refractivity contribution in [3.05, 3.63) is 11.6 Å². The average Bonchev–Trinajstić information content (AvgIpc) is 2.51. The van der Waals surface area contributed by atoms with Crippen LogP contribution in [-0.2, 0) is 4.79 Å². The predicted octanol–water partition coefficient (Wildman–Crippen LogP) is 4.13. The van der Waals surface area contributed by atoms with Crippen molar-refractivity contribution < 1.29 is 4.79 Å². The van der Waals surface area contributed by atoms with Gasteiger partial charge in [0.1, 0.15) is 0 Å². The highest BCUT2D eigenvalue weighted by Gasteiger charge is 2.17. The van der Waals surface area contributed by atoms with Crippen molar-refractivity contribution in [3.63, 3.8) is 0 Å². The van der Waals surface area contributed by atoms with Gasteiger partial charge in [-0.2, -0.15) is 0 Å². The molecular formula is C14H24O. The number of hydrogen-bond donors (Lipinski definition) is 0. The molecule has 0 radical (unpaired) electrons. The van der Waals surface area contributed by atoms with E-state index in [-0.39, 0.29) is 0 Å². The summed E-state index contributed by atoms with van der Waals surface area (Å²) in [5.41, 5.74) is 1.10. The summed E-state index contributed by atoms with van der Waals surface area (Å²) >= 11 is 0. The Morgan fingerprint density at radius 1 is 1.27 bits per heavy atom. The molecule has 1 aliphatic carbocycles. The molecule has 1 nitrogen and oxygen atoms in total. The van der Waals surface area contributed by atoms with Crippen LogP contribution in [0.1, 0.15) is 59.3 Å². The van der Waals surface area contributed by atoms with Gasteiger partial charge in [0.15, 0.2) is 5.78 Å². The molecule has 0 aromatic carbocycles. The van der Waals surface area contributed by atoms with Gasteiger partial charge in [-0.05, 0) is 30.3 Å². The van der Waals surface area contributed by atoms with Gasteiger partial charge >= 0.3 is 0 Å². The van der Waals surface area contributed by atoms with Crippen molar-refractivity contribution in [3.8, 4) is 0 Å². The molecule has 0 fully saturated rings. The Hall–Kier alpha value is -0.590. The van der Waals surface area contributed by atoms with Gasteiger partial charge in [-0.3, -0.25) is 4.79 Å². The van der Waals surface area contributed by atoms with Crippen LogP contribution in [0, 0.1) is 11.8 Å². The van der Waals surface area contributed by atoms with Gasteiger partial charge in [-0.1, -0.05) is 46.1 Å². The summed E-state index contributed by atoms with van der Waals surface area (Å²) in [6, 6.07) is 0. The van der Waals surface area contributed by atoms with Gasteiger partial charge in [0.05, 0.1) is 0 Å². The summed E-state index contributed by atoms with van der Waals surface area (Å²) in [5.74, 6) is 1.88. The molecule has 15 heavy (non-hydrogen) atoms. The molecule has 0 N–H and O–H groups in total. The topological polar surface area (TPSA) is 17.1 Å². The minimum Gasteiger partial charge on any atom is -0.295 e. The Balaban J connectivity index is 2.18. The highest BCUT2D eigenvalue weighted by Crippen LogP contribution is 2.24. The van der Waals surface area contributed by atoms with E-state index < -0.39 is 0 Å². The quantitative estimate of drug-likeness (QED) is 0.641. The van der Waals surface area contributed by atoms with Crippen molar-refractivity contribution in [1.82, 2.24) is 0 Å². The summed E-state index contributed by atoms with van der Waals surface area (Å²) in [6.45, 7) is 6.81. The van der Waals surface area contributed by atoms with Crippen molar-refractivity contribution >= 4 is 5.78 Å². The van der Waals surface area contributed by atoms with E-state index in [1.54, 1.807) is 0 Å². The molecule has 0 aliphatic heterocycles. The van der Waals surface area contributed by atoms with E-state index in [2.05, 4.69) is 26.8 Å². The molecule has 1 rings (SSSR count). The first-order chi connectivity index (χ1) is 7.09. The normalized spacial score (nSPS) is 18.4. The first-order valence-electron chi connectivity index (χ1n) is 6.31. The standard InChI is InChI=1S/C14H24O/c1-11(2)6-4-7-12(3)10-13-8-5-9-14(13)15/h8,11-12H,4-7,9-10H2,1-3H3. The number of ketones is 1. The molecule has 0 bridgehead atoms. The van der Waals surface area contributed by atoms with Crippen molar-refractivity contribution in [1.29, 1.82) is 0 Å². The van der Waals surface area contributed by atoms with Crippen LogP contribution in [0.15, 0.2) is 11.6 Å². The molecule has 0 aromatic heterocycles. The summed E-state index contributed by atoms with van der Waals surface area (Å²) < 4.78 is 0. The molecule has 0 amide bonds. The summed E-state index contributed by atoms with van der Waals surface area (Å²) in [7, 11) is 0. The SMILES string of the molecule is CC(C)CCCC(C)CC1=CCCC1=O. The minimum absolute atomic E-state index is 0.394. The zero-order chi connectivity index (χ0) is 11.3. The monoisotopic (exact) mass is 208 g/mol. The van der Waals surface area contributed by atoms with Crippen molar-refractivity contribution in [2.45, 2.75) is 59.3 Å². The van der Waals surface area contributed by atoms with Gasteiger partial charge in [0.2, 0.25) is 0 Å². The van der Waals surface area contributed by atoms with Crippen LogP contribution in [0.25, 0.3) is 0 Å². The van der Waals surface area contributed by atoms with Crippen LogP contribution >= 0.6 is 0 Å². The van der Waals surface area contributed by atoms with Crippen molar-refractivity contribution in [2.75, 3.05) is 0 Å². The number of hydrogen-bond acceptors (Lipinski definition) is 1. The Morgan fingerprint density at radius 2 is 2.00 bits per heavy atom. The fourth-order valence-electron chi connectivity index (χ4n) is 2.20. The zero-order valence-electron chi connectivity index (χ0n) is 10.4. The zero-order valence-corrected chi connectivity index (χ0v) is 10.4. The van der Waals surface area contributed by atoms with E-state index in [0.29, 0.717) is 11.7 Å². The second kappa shape index (κ2) is 6.09. The van der Waals surface area contributed by atoms with Crippen molar-refractivity contribution in [2.24, 2.45) is 11.8 Å². The lowest BCUT2D eigenvalue weighted by Gasteiger charge is -2.12. The third-order valence-corrected chi connectivity index (χ3v) is 3.17. The Kier molecular flexibility index (Phi) is 5.07. The molecule has 1 unspecified atom stereocenters. The Bertz CT molecular complexity index is 238. The fourth-order valence-corrected chi connectivity index (χ4v) is 2.20. The van der Waals surface area contributed by atoms with Crippen LogP contribution in [0.5, 0.6) is 0 Å². The van der Waals surface area contributed by atoms with Gasteiger partial charge < -0.3 is 0 Å². The largest absolute Gasteiger partial charge is 0.295 e. The predicted molar refractivity (Wildman–Crippen MR) is 64.8 cm³/mol. The fraction of sp³-hybridized carbons (Fsp3) is 0.786. The van der Waals surface area contributed by atoms with Crippen LogP contribution in [0.4, 0.5) is 0 Å². The van der Waals surface area contributed by atoms with E-state index in [1.807, 2.05) is 0 Å². The van der Waals surface area contributed by atoms with E-state index in [4.69, 9.17) is 0 Å². The van der Waals surface area contributed by atoms with Crippen LogP contribution in [0.2, 0.25) is 0 Å². The van der Waals surface area contributed by atoms with Gasteiger partial charge in [0.25, 0.3) is 0 Å². The molecule has 0 aromatic rings. The summed E-state index contributed by atoms with van der Waals surface area (Å²) in [4.78, 5) is 11.4. The van der Waals surface area contributed by atoms with Crippen LogP contribution < -0.4 is 0 Å². The van der Waals surface area contributed by atoms with E-state index in [1.165, 1.54) is 19.3 Å². The number of rotatable bonds is 6. The summed E-state index contributed by atoms with van der Waals surface area (Å²) in [5, 5.41) is 0. The maximum Gasteiger partial charge on any atom is 0.158 e. The maximum atomic E-state index is 11.4. The minimum atomic E-state index is 0.394. The lowest BCUT2D eigenvalue weighted by molar-refractivity contribution is -0.115. The third kappa shape index (κ3) is 4.63. The molecule has 1 aliphatic rings. The maximum absolute atomic E-state index is 11.4. The van der Waals surface area contributed by atoms with Gasteiger partial charge in [0, 0.05) is 6.42 Å². The highest BCUT2D eigenvalue weighted by molar-refractivity contribution is 5.97. The highest BCUT2D eigenvalue weighted by atomic mass is 16.1. The van der Waals surface area contributed by atoms with Gasteiger partial charge in [-0.15, -0.1) is 0 Å².